The Morgan fingerprint density at radius 1 is 1.19 bits per heavy atom. The van der Waals surface area contributed by atoms with Gasteiger partial charge in [0, 0.05) is 27.7 Å². The van der Waals surface area contributed by atoms with Gasteiger partial charge in [-0.25, -0.2) is 4.98 Å². The van der Waals surface area contributed by atoms with Gasteiger partial charge in [-0.3, -0.25) is 10.4 Å². The molecule has 0 amide bonds. The maximum Gasteiger partial charge on any atom is 0.220 e. The number of benzene rings is 1. The standard InChI is InChI=1S/C15H11BrN4O/c16-9-5-10(8-19-7-9)21-14-6-12(15(17)18)11-3-1-2-4-13(11)20-14/h1-8H,(H3,17,18). The fraction of sp³-hybridized carbons (Fsp3) is 0. The fourth-order valence-electron chi connectivity index (χ4n) is 2.00. The molecule has 0 spiro atoms. The lowest BCUT2D eigenvalue weighted by molar-refractivity contribution is 0.462. The van der Waals surface area contributed by atoms with E-state index in [0.717, 1.165) is 15.4 Å². The molecule has 0 atom stereocenters. The van der Waals surface area contributed by atoms with Gasteiger partial charge in [-0.2, -0.15) is 0 Å². The summed E-state index contributed by atoms with van der Waals surface area (Å²) in [6, 6.07) is 10.9. The molecule has 0 aliphatic rings. The van der Waals surface area contributed by atoms with E-state index in [0.29, 0.717) is 17.2 Å². The van der Waals surface area contributed by atoms with Crippen molar-refractivity contribution >= 4 is 32.7 Å². The number of nitrogen functional groups attached to an aromatic ring is 1. The van der Waals surface area contributed by atoms with Crippen LogP contribution in [0, 0.1) is 5.41 Å². The molecule has 3 N–H and O–H groups in total. The van der Waals surface area contributed by atoms with Gasteiger partial charge < -0.3 is 10.5 Å². The molecule has 0 aliphatic heterocycles. The Morgan fingerprint density at radius 2 is 2.00 bits per heavy atom. The first kappa shape index (κ1) is 13.5. The first-order chi connectivity index (χ1) is 10.1. The third kappa shape index (κ3) is 2.85. The zero-order valence-electron chi connectivity index (χ0n) is 10.9. The summed E-state index contributed by atoms with van der Waals surface area (Å²) in [7, 11) is 0. The number of nitrogens with zero attached hydrogens (tertiary/aromatic N) is 2. The van der Waals surface area contributed by atoms with Gasteiger partial charge in [-0.15, -0.1) is 0 Å². The maximum atomic E-state index is 7.70. The van der Waals surface area contributed by atoms with Crippen molar-refractivity contribution in [3.8, 4) is 11.6 Å². The highest BCUT2D eigenvalue weighted by Crippen LogP contribution is 2.26. The second-order valence-corrected chi connectivity index (χ2v) is 5.30. The van der Waals surface area contributed by atoms with Crippen molar-refractivity contribution in [1.82, 2.24) is 9.97 Å². The van der Waals surface area contributed by atoms with Gasteiger partial charge in [0.25, 0.3) is 0 Å². The third-order valence-corrected chi connectivity index (χ3v) is 3.32. The van der Waals surface area contributed by atoms with Crippen LogP contribution in [0.25, 0.3) is 10.9 Å². The first-order valence-electron chi connectivity index (χ1n) is 6.16. The summed E-state index contributed by atoms with van der Waals surface area (Å²) in [4.78, 5) is 8.46. The summed E-state index contributed by atoms with van der Waals surface area (Å²) in [6.45, 7) is 0. The molecule has 5 nitrogen and oxygen atoms in total. The van der Waals surface area contributed by atoms with E-state index < -0.39 is 0 Å². The molecule has 1 aromatic carbocycles. The lowest BCUT2D eigenvalue weighted by Crippen LogP contribution is -2.12. The van der Waals surface area contributed by atoms with Crippen LogP contribution in [0.1, 0.15) is 5.56 Å². The van der Waals surface area contributed by atoms with E-state index in [1.807, 2.05) is 24.3 Å². The minimum absolute atomic E-state index is 0.0224. The van der Waals surface area contributed by atoms with Crippen molar-refractivity contribution < 1.29 is 4.74 Å². The van der Waals surface area contributed by atoms with Crippen molar-refractivity contribution in [3.05, 3.63) is 58.8 Å². The zero-order chi connectivity index (χ0) is 14.8. The first-order valence-corrected chi connectivity index (χ1v) is 6.95. The molecule has 0 bridgehead atoms. The third-order valence-electron chi connectivity index (χ3n) is 2.89. The summed E-state index contributed by atoms with van der Waals surface area (Å²) >= 11 is 3.34. The average molecular weight is 343 g/mol. The summed E-state index contributed by atoms with van der Waals surface area (Å²) in [6.07, 6.45) is 3.26. The number of amidine groups is 1. The van der Waals surface area contributed by atoms with Crippen LogP contribution in [0.2, 0.25) is 0 Å². The average Bonchev–Trinajstić information content (AvgIpc) is 2.46. The number of halogens is 1. The van der Waals surface area contributed by atoms with E-state index in [2.05, 4.69) is 25.9 Å². The van der Waals surface area contributed by atoms with Gasteiger partial charge in [-0.05, 0) is 28.1 Å². The number of para-hydroxylation sites is 1. The monoisotopic (exact) mass is 342 g/mol. The quantitative estimate of drug-likeness (QED) is 0.563. The molecule has 0 saturated heterocycles. The van der Waals surface area contributed by atoms with Gasteiger partial charge in [-0.1, -0.05) is 18.2 Å². The number of nitrogens with two attached hydrogens (primary N) is 1. The van der Waals surface area contributed by atoms with Crippen molar-refractivity contribution in [3.63, 3.8) is 0 Å². The van der Waals surface area contributed by atoms with Gasteiger partial charge in [0.1, 0.15) is 11.6 Å². The van der Waals surface area contributed by atoms with Crippen molar-refractivity contribution in [2.75, 3.05) is 0 Å². The van der Waals surface area contributed by atoms with Crippen LogP contribution in [0.5, 0.6) is 11.6 Å². The predicted octanol–water partition coefficient (Wildman–Crippen LogP) is 3.47. The Labute approximate surface area is 129 Å². The van der Waals surface area contributed by atoms with Crippen LogP contribution < -0.4 is 10.5 Å². The summed E-state index contributed by atoms with van der Waals surface area (Å²) in [5.74, 6) is 0.909. The van der Waals surface area contributed by atoms with Crippen molar-refractivity contribution in [2.24, 2.45) is 5.73 Å². The SMILES string of the molecule is N=C(N)c1cc(Oc2cncc(Br)c2)nc2ccccc12. The maximum absolute atomic E-state index is 7.70. The van der Waals surface area contributed by atoms with Crippen molar-refractivity contribution in [1.29, 1.82) is 5.41 Å². The minimum atomic E-state index is -0.0224. The molecular weight excluding hydrogens is 332 g/mol. The number of nitrogens with one attached hydrogen (secondary N) is 1. The van der Waals surface area contributed by atoms with E-state index >= 15 is 0 Å². The lowest BCUT2D eigenvalue weighted by atomic mass is 10.1. The van der Waals surface area contributed by atoms with Crippen LogP contribution in [0.3, 0.4) is 0 Å². The number of hydrogen-bond acceptors (Lipinski definition) is 4. The van der Waals surface area contributed by atoms with Crippen LogP contribution in [-0.4, -0.2) is 15.8 Å². The smallest absolute Gasteiger partial charge is 0.220 e. The zero-order valence-corrected chi connectivity index (χ0v) is 12.5. The Bertz CT molecular complexity index is 835. The van der Waals surface area contributed by atoms with Crippen molar-refractivity contribution in [2.45, 2.75) is 0 Å². The predicted molar refractivity (Wildman–Crippen MR) is 84.8 cm³/mol. The Kier molecular flexibility index (Phi) is 3.53. The lowest BCUT2D eigenvalue weighted by Gasteiger charge is -2.09. The normalized spacial score (nSPS) is 10.5. The molecule has 21 heavy (non-hydrogen) atoms. The van der Waals surface area contributed by atoms with Crippen LogP contribution in [-0.2, 0) is 0 Å². The Balaban J connectivity index is 2.09. The van der Waals surface area contributed by atoms with E-state index in [1.165, 1.54) is 0 Å². The fourth-order valence-corrected chi connectivity index (χ4v) is 2.34. The van der Waals surface area contributed by atoms with Gasteiger partial charge >= 0.3 is 0 Å². The second-order valence-electron chi connectivity index (χ2n) is 4.38. The molecule has 0 unspecified atom stereocenters. The van der Waals surface area contributed by atoms with E-state index in [-0.39, 0.29) is 5.84 Å². The summed E-state index contributed by atoms with van der Waals surface area (Å²) in [5.41, 5.74) is 6.97. The molecule has 0 aliphatic carbocycles. The number of hydrogen-bond donors (Lipinski definition) is 2. The number of ether oxygens (including phenoxy) is 1. The Morgan fingerprint density at radius 3 is 2.76 bits per heavy atom. The number of aromatic nitrogens is 2. The van der Waals surface area contributed by atoms with Crippen LogP contribution in [0.4, 0.5) is 0 Å². The van der Waals surface area contributed by atoms with Crippen LogP contribution >= 0.6 is 15.9 Å². The molecule has 0 saturated carbocycles. The molecule has 2 heterocycles. The molecule has 104 valence electrons. The molecule has 0 fully saturated rings. The highest BCUT2D eigenvalue weighted by atomic mass is 79.9. The summed E-state index contributed by atoms with van der Waals surface area (Å²) in [5, 5.41) is 8.53. The number of fused-ring (bicyclic) bond motifs is 1. The minimum Gasteiger partial charge on any atom is -0.437 e. The van der Waals surface area contributed by atoms with Gasteiger partial charge in [0.2, 0.25) is 5.88 Å². The number of pyridine rings is 2. The number of rotatable bonds is 3. The van der Waals surface area contributed by atoms with E-state index in [4.69, 9.17) is 15.9 Å². The van der Waals surface area contributed by atoms with E-state index in [1.54, 1.807) is 24.5 Å². The van der Waals surface area contributed by atoms with Gasteiger partial charge in [0.05, 0.1) is 11.7 Å². The molecule has 6 heteroatoms. The summed E-state index contributed by atoms with van der Waals surface area (Å²) < 4.78 is 6.51. The van der Waals surface area contributed by atoms with Gasteiger partial charge in [0.15, 0.2) is 0 Å². The highest BCUT2D eigenvalue weighted by molar-refractivity contribution is 9.10. The Hall–Kier alpha value is -2.47. The molecule has 3 aromatic rings. The van der Waals surface area contributed by atoms with Crippen LogP contribution in [0.15, 0.2) is 53.3 Å². The topological polar surface area (TPSA) is 84.9 Å². The second kappa shape index (κ2) is 5.49. The largest absolute Gasteiger partial charge is 0.437 e. The van der Waals surface area contributed by atoms with E-state index in [9.17, 15) is 0 Å². The molecule has 2 aromatic heterocycles. The highest BCUT2D eigenvalue weighted by Gasteiger charge is 2.09. The molecule has 0 radical (unpaired) electrons. The molecular formula is C15H11BrN4O. The molecule has 3 rings (SSSR count).